The highest BCUT2D eigenvalue weighted by atomic mass is 79.9. The molecule has 144 valence electrons. The van der Waals surface area contributed by atoms with Crippen LogP contribution in [-0.2, 0) is 10.0 Å². The second kappa shape index (κ2) is 8.00. The van der Waals surface area contributed by atoms with E-state index in [1.54, 1.807) is 6.07 Å². The van der Waals surface area contributed by atoms with Crippen molar-refractivity contribution in [3.63, 3.8) is 0 Å². The number of carbonyl (C=O) groups excluding carboxylic acids is 1. The van der Waals surface area contributed by atoms with Crippen LogP contribution < -0.4 is 10.2 Å². The maximum Gasteiger partial charge on any atom is 0.256 e. The van der Waals surface area contributed by atoms with Crippen LogP contribution in [0, 0.1) is 0 Å². The van der Waals surface area contributed by atoms with E-state index in [-0.39, 0.29) is 16.4 Å². The summed E-state index contributed by atoms with van der Waals surface area (Å²) in [6.07, 6.45) is 1.73. The van der Waals surface area contributed by atoms with Crippen LogP contribution in [0.15, 0.2) is 51.8 Å². The van der Waals surface area contributed by atoms with Crippen molar-refractivity contribution in [3.05, 3.63) is 52.5 Å². The molecule has 6 nitrogen and oxygen atoms in total. The largest absolute Gasteiger partial charge is 0.376 e. The Morgan fingerprint density at radius 3 is 2.44 bits per heavy atom. The number of nitrogens with zero attached hydrogens (tertiary/aromatic N) is 2. The van der Waals surface area contributed by atoms with Crippen molar-refractivity contribution >= 4 is 43.2 Å². The van der Waals surface area contributed by atoms with Gasteiger partial charge in [-0.2, -0.15) is 4.31 Å². The minimum absolute atomic E-state index is 0.138. The molecule has 3 rings (SSSR count). The van der Waals surface area contributed by atoms with Gasteiger partial charge in [-0.1, -0.05) is 12.1 Å². The minimum Gasteiger partial charge on any atom is -0.376 e. The van der Waals surface area contributed by atoms with Gasteiger partial charge in [0.15, 0.2) is 0 Å². The van der Waals surface area contributed by atoms with Crippen LogP contribution in [0.4, 0.5) is 11.4 Å². The summed E-state index contributed by atoms with van der Waals surface area (Å²) in [5.74, 6) is -0.366. The number of sulfonamides is 1. The first kappa shape index (κ1) is 19.9. The number of nitrogens with one attached hydrogen (secondary N) is 1. The molecule has 0 spiro atoms. The van der Waals surface area contributed by atoms with Gasteiger partial charge in [0.05, 0.1) is 21.8 Å². The Bertz CT molecular complexity index is 954. The molecule has 0 saturated carbocycles. The molecule has 1 heterocycles. The molecule has 2 aromatic rings. The summed E-state index contributed by atoms with van der Waals surface area (Å²) >= 11 is 3.36. The van der Waals surface area contributed by atoms with E-state index in [4.69, 9.17) is 0 Å². The quantitative estimate of drug-likeness (QED) is 0.754. The van der Waals surface area contributed by atoms with E-state index in [1.807, 2.05) is 43.3 Å². The fraction of sp³-hybridized carbons (Fsp3) is 0.316. The second-order valence-electron chi connectivity index (χ2n) is 6.62. The average Bonchev–Trinajstić information content (AvgIpc) is 3.17. The summed E-state index contributed by atoms with van der Waals surface area (Å²) in [4.78, 5) is 14.9. The summed E-state index contributed by atoms with van der Waals surface area (Å²) in [5.41, 5.74) is 1.80. The lowest BCUT2D eigenvalue weighted by molar-refractivity contribution is 0.102. The van der Waals surface area contributed by atoms with Crippen LogP contribution in [0.3, 0.4) is 0 Å². The first-order chi connectivity index (χ1) is 12.8. The zero-order valence-corrected chi connectivity index (χ0v) is 17.7. The number of rotatable bonds is 5. The van der Waals surface area contributed by atoms with Gasteiger partial charge in [-0.05, 0) is 59.1 Å². The van der Waals surface area contributed by atoms with Crippen molar-refractivity contribution in [3.8, 4) is 0 Å². The Kier molecular flexibility index (Phi) is 5.88. The fourth-order valence-corrected chi connectivity index (χ4v) is 5.05. The lowest BCUT2D eigenvalue weighted by Crippen LogP contribution is -2.28. The van der Waals surface area contributed by atoms with Gasteiger partial charge in [0.2, 0.25) is 10.0 Å². The highest BCUT2D eigenvalue weighted by Gasteiger charge is 2.28. The number of amides is 1. The highest BCUT2D eigenvalue weighted by Crippen LogP contribution is 2.28. The molecule has 0 unspecified atom stereocenters. The normalized spacial score (nSPS) is 14.9. The molecule has 1 aliphatic heterocycles. The maximum absolute atomic E-state index is 12.8. The first-order valence-corrected chi connectivity index (χ1v) is 10.9. The summed E-state index contributed by atoms with van der Waals surface area (Å²) in [6, 6.07) is 12.0. The van der Waals surface area contributed by atoms with Gasteiger partial charge in [0, 0.05) is 31.7 Å². The molecule has 8 heteroatoms. The molecule has 2 aromatic carbocycles. The monoisotopic (exact) mass is 451 g/mol. The van der Waals surface area contributed by atoms with E-state index in [1.165, 1.54) is 16.4 Å². The number of para-hydroxylation sites is 2. The number of hydrogen-bond donors (Lipinski definition) is 1. The third kappa shape index (κ3) is 4.17. The zero-order chi connectivity index (χ0) is 19.6. The Labute approximate surface area is 168 Å². The van der Waals surface area contributed by atoms with Gasteiger partial charge >= 0.3 is 0 Å². The average molecular weight is 452 g/mol. The Morgan fingerprint density at radius 2 is 1.78 bits per heavy atom. The fourth-order valence-electron chi connectivity index (χ4n) is 3.08. The summed E-state index contributed by atoms with van der Waals surface area (Å²) < 4.78 is 27.6. The molecule has 1 saturated heterocycles. The van der Waals surface area contributed by atoms with E-state index < -0.39 is 10.0 Å². The molecule has 0 radical (unpaired) electrons. The molecule has 1 fully saturated rings. The van der Waals surface area contributed by atoms with Crippen LogP contribution >= 0.6 is 15.9 Å². The van der Waals surface area contributed by atoms with E-state index in [9.17, 15) is 13.2 Å². The number of anilines is 2. The predicted octanol–water partition coefficient (Wildman–Crippen LogP) is 3.55. The lowest BCUT2D eigenvalue weighted by Gasteiger charge is -2.19. The van der Waals surface area contributed by atoms with E-state index in [2.05, 4.69) is 21.2 Å². The highest BCUT2D eigenvalue weighted by molar-refractivity contribution is 9.10. The third-order valence-corrected chi connectivity index (χ3v) is 7.11. The summed E-state index contributed by atoms with van der Waals surface area (Å²) in [6.45, 7) is 1.05. The molecule has 0 aromatic heterocycles. The van der Waals surface area contributed by atoms with Crippen LogP contribution in [0.2, 0.25) is 0 Å². The molecule has 0 aliphatic carbocycles. The van der Waals surface area contributed by atoms with Crippen LogP contribution in [-0.4, -0.2) is 45.8 Å². The molecular formula is C19H22BrN3O3S. The molecule has 0 atom stereocenters. The van der Waals surface area contributed by atoms with Gasteiger partial charge in [0.25, 0.3) is 5.91 Å². The zero-order valence-electron chi connectivity index (χ0n) is 15.3. The minimum atomic E-state index is -3.58. The molecule has 1 amide bonds. The SMILES string of the molecule is CN(C)c1ccccc1NC(=O)c1cc(S(=O)(=O)N2CCCC2)ccc1Br. The molecule has 27 heavy (non-hydrogen) atoms. The Hall–Kier alpha value is -1.90. The van der Waals surface area contributed by atoms with Crippen LogP contribution in [0.5, 0.6) is 0 Å². The summed E-state index contributed by atoms with van der Waals surface area (Å²) in [5, 5.41) is 2.88. The van der Waals surface area contributed by atoms with Crippen molar-refractivity contribution in [1.29, 1.82) is 0 Å². The smallest absolute Gasteiger partial charge is 0.256 e. The lowest BCUT2D eigenvalue weighted by atomic mass is 10.2. The molecule has 0 bridgehead atoms. The first-order valence-electron chi connectivity index (χ1n) is 8.68. The topological polar surface area (TPSA) is 69.7 Å². The Morgan fingerprint density at radius 1 is 1.11 bits per heavy atom. The Balaban J connectivity index is 1.92. The summed E-state index contributed by atoms with van der Waals surface area (Å²) in [7, 11) is 0.204. The van der Waals surface area contributed by atoms with Crippen molar-refractivity contribution in [2.75, 3.05) is 37.4 Å². The van der Waals surface area contributed by atoms with Gasteiger partial charge in [-0.15, -0.1) is 0 Å². The van der Waals surface area contributed by atoms with Crippen molar-refractivity contribution < 1.29 is 13.2 Å². The number of hydrogen-bond acceptors (Lipinski definition) is 4. The number of benzene rings is 2. The van der Waals surface area contributed by atoms with Gasteiger partial charge in [0.1, 0.15) is 0 Å². The van der Waals surface area contributed by atoms with E-state index in [0.29, 0.717) is 23.2 Å². The van der Waals surface area contributed by atoms with E-state index in [0.717, 1.165) is 18.5 Å². The van der Waals surface area contributed by atoms with E-state index >= 15 is 0 Å². The van der Waals surface area contributed by atoms with Gasteiger partial charge in [-0.25, -0.2) is 8.42 Å². The van der Waals surface area contributed by atoms with Crippen molar-refractivity contribution in [2.24, 2.45) is 0 Å². The number of halogens is 1. The van der Waals surface area contributed by atoms with Crippen molar-refractivity contribution in [2.45, 2.75) is 17.7 Å². The molecular weight excluding hydrogens is 430 g/mol. The maximum atomic E-state index is 12.8. The predicted molar refractivity (Wildman–Crippen MR) is 111 cm³/mol. The molecule has 1 aliphatic rings. The van der Waals surface area contributed by atoms with Gasteiger partial charge < -0.3 is 10.2 Å². The van der Waals surface area contributed by atoms with Crippen LogP contribution in [0.1, 0.15) is 23.2 Å². The van der Waals surface area contributed by atoms with Crippen LogP contribution in [0.25, 0.3) is 0 Å². The second-order valence-corrected chi connectivity index (χ2v) is 9.41. The molecule has 1 N–H and O–H groups in total. The third-order valence-electron chi connectivity index (χ3n) is 4.52. The number of carbonyl (C=O) groups is 1. The van der Waals surface area contributed by atoms with Gasteiger partial charge in [-0.3, -0.25) is 4.79 Å². The standard InChI is InChI=1S/C19H22BrN3O3S/c1-22(2)18-8-4-3-7-17(18)21-19(24)15-13-14(9-10-16(15)20)27(25,26)23-11-5-6-12-23/h3-4,7-10,13H,5-6,11-12H2,1-2H3,(H,21,24). The van der Waals surface area contributed by atoms with Crippen molar-refractivity contribution in [1.82, 2.24) is 4.31 Å².